The molecule has 1 atom stereocenters. The van der Waals surface area contributed by atoms with Crippen molar-refractivity contribution in [2.75, 3.05) is 32.8 Å². The average molecular weight is 283 g/mol. The van der Waals surface area contributed by atoms with E-state index >= 15 is 0 Å². The normalized spacial score (nSPS) is 18.6. The highest BCUT2D eigenvalue weighted by atomic mass is 32.1. The molecule has 1 N–H and O–H groups in total. The van der Waals surface area contributed by atoms with Crippen molar-refractivity contribution in [3.05, 3.63) is 16.1 Å². The molecule has 0 aromatic carbocycles. The van der Waals surface area contributed by atoms with Crippen LogP contribution in [0.25, 0.3) is 0 Å². The van der Waals surface area contributed by atoms with Crippen LogP contribution in [0.3, 0.4) is 0 Å². The van der Waals surface area contributed by atoms with Crippen LogP contribution >= 0.6 is 11.3 Å². The molecular formula is C14H25N3OS. The van der Waals surface area contributed by atoms with Gasteiger partial charge in [0.2, 0.25) is 0 Å². The highest BCUT2D eigenvalue weighted by Gasteiger charge is 2.11. The fourth-order valence-corrected chi connectivity index (χ4v) is 2.83. The summed E-state index contributed by atoms with van der Waals surface area (Å²) in [7, 11) is 0. The number of thiazole rings is 1. The predicted molar refractivity (Wildman–Crippen MR) is 79.7 cm³/mol. The SMILES string of the molecule is CCC(C)NCc1csc(CCN2CCOCC2)n1. The van der Waals surface area contributed by atoms with Crippen molar-refractivity contribution in [3.63, 3.8) is 0 Å². The molecule has 2 heterocycles. The lowest BCUT2D eigenvalue weighted by Crippen LogP contribution is -2.37. The van der Waals surface area contributed by atoms with Crippen molar-refractivity contribution in [1.82, 2.24) is 15.2 Å². The van der Waals surface area contributed by atoms with Crippen LogP contribution in [0.4, 0.5) is 0 Å². The minimum atomic E-state index is 0.568. The van der Waals surface area contributed by atoms with Crippen molar-refractivity contribution >= 4 is 11.3 Å². The number of aromatic nitrogens is 1. The summed E-state index contributed by atoms with van der Waals surface area (Å²) >= 11 is 1.79. The van der Waals surface area contributed by atoms with Crippen molar-refractivity contribution < 1.29 is 4.74 Å². The Hall–Kier alpha value is -0.490. The fourth-order valence-electron chi connectivity index (χ4n) is 2.05. The van der Waals surface area contributed by atoms with Gasteiger partial charge in [0.15, 0.2) is 0 Å². The second-order valence-corrected chi connectivity index (χ2v) is 6.07. The van der Waals surface area contributed by atoms with Gasteiger partial charge in [-0.05, 0) is 13.3 Å². The lowest BCUT2D eigenvalue weighted by Gasteiger charge is -2.25. The first-order valence-corrected chi connectivity index (χ1v) is 8.12. The minimum absolute atomic E-state index is 0.568. The summed E-state index contributed by atoms with van der Waals surface area (Å²) in [4.78, 5) is 7.16. The van der Waals surface area contributed by atoms with E-state index in [1.54, 1.807) is 11.3 Å². The van der Waals surface area contributed by atoms with E-state index < -0.39 is 0 Å². The third kappa shape index (κ3) is 5.18. The molecule has 0 saturated carbocycles. The van der Waals surface area contributed by atoms with Gasteiger partial charge in [0.25, 0.3) is 0 Å². The first kappa shape index (κ1) is 14.9. The zero-order valence-electron chi connectivity index (χ0n) is 12.0. The largest absolute Gasteiger partial charge is 0.379 e. The molecule has 1 fully saturated rings. The monoisotopic (exact) mass is 283 g/mol. The fraction of sp³-hybridized carbons (Fsp3) is 0.786. The molecule has 19 heavy (non-hydrogen) atoms. The van der Waals surface area contributed by atoms with Crippen molar-refractivity contribution in [3.8, 4) is 0 Å². The minimum Gasteiger partial charge on any atom is -0.379 e. The summed E-state index contributed by atoms with van der Waals surface area (Å²) in [6.45, 7) is 10.3. The molecule has 1 saturated heterocycles. The number of rotatable bonds is 7. The van der Waals surface area contributed by atoms with E-state index in [0.717, 1.165) is 52.2 Å². The predicted octanol–water partition coefficient (Wildman–Crippen LogP) is 1.91. The van der Waals surface area contributed by atoms with Crippen LogP contribution in [-0.2, 0) is 17.7 Å². The quantitative estimate of drug-likeness (QED) is 0.829. The molecule has 0 aliphatic carbocycles. The molecule has 0 bridgehead atoms. The Morgan fingerprint density at radius 1 is 1.47 bits per heavy atom. The summed E-state index contributed by atoms with van der Waals surface area (Å²) in [6, 6.07) is 0.568. The molecule has 0 amide bonds. The standard InChI is InChI=1S/C14H25N3OS/c1-3-12(2)15-10-13-11-19-14(16-13)4-5-17-6-8-18-9-7-17/h11-12,15H,3-10H2,1-2H3. The first-order chi connectivity index (χ1) is 9.28. The summed E-state index contributed by atoms with van der Waals surface area (Å²) in [5.41, 5.74) is 1.18. The summed E-state index contributed by atoms with van der Waals surface area (Å²) in [5, 5.41) is 6.93. The summed E-state index contributed by atoms with van der Waals surface area (Å²) < 4.78 is 5.36. The lowest BCUT2D eigenvalue weighted by atomic mass is 10.2. The van der Waals surface area contributed by atoms with E-state index in [4.69, 9.17) is 9.72 Å². The van der Waals surface area contributed by atoms with Crippen LogP contribution in [-0.4, -0.2) is 48.8 Å². The smallest absolute Gasteiger partial charge is 0.0941 e. The van der Waals surface area contributed by atoms with Crippen LogP contribution in [0, 0.1) is 0 Å². The number of ether oxygens (including phenoxy) is 1. The summed E-state index contributed by atoms with van der Waals surface area (Å²) in [5.74, 6) is 0. The summed E-state index contributed by atoms with van der Waals surface area (Å²) in [6.07, 6.45) is 2.22. The molecule has 2 rings (SSSR count). The highest BCUT2D eigenvalue weighted by molar-refractivity contribution is 7.09. The van der Waals surface area contributed by atoms with Gasteiger partial charge < -0.3 is 10.1 Å². The maximum Gasteiger partial charge on any atom is 0.0941 e. The molecule has 1 aromatic heterocycles. The number of nitrogens with one attached hydrogen (secondary N) is 1. The van der Waals surface area contributed by atoms with Gasteiger partial charge >= 0.3 is 0 Å². The van der Waals surface area contributed by atoms with E-state index in [-0.39, 0.29) is 0 Å². The van der Waals surface area contributed by atoms with Gasteiger partial charge in [0, 0.05) is 44.0 Å². The van der Waals surface area contributed by atoms with E-state index in [1.165, 1.54) is 10.7 Å². The highest BCUT2D eigenvalue weighted by Crippen LogP contribution is 2.11. The third-order valence-corrected chi connectivity index (χ3v) is 4.55. The Bertz CT molecular complexity index is 363. The lowest BCUT2D eigenvalue weighted by molar-refractivity contribution is 0.0384. The van der Waals surface area contributed by atoms with Gasteiger partial charge in [-0.3, -0.25) is 4.90 Å². The molecule has 5 heteroatoms. The van der Waals surface area contributed by atoms with Crippen LogP contribution in [0.5, 0.6) is 0 Å². The Kier molecular flexibility index (Phi) is 6.23. The van der Waals surface area contributed by atoms with Crippen molar-refractivity contribution in [2.45, 2.75) is 39.3 Å². The van der Waals surface area contributed by atoms with E-state index in [9.17, 15) is 0 Å². The van der Waals surface area contributed by atoms with Gasteiger partial charge in [-0.1, -0.05) is 6.92 Å². The number of hydrogen-bond donors (Lipinski definition) is 1. The van der Waals surface area contributed by atoms with Crippen LogP contribution in [0.2, 0.25) is 0 Å². The van der Waals surface area contributed by atoms with E-state index in [1.807, 2.05) is 0 Å². The number of hydrogen-bond acceptors (Lipinski definition) is 5. The number of morpholine rings is 1. The Labute approximate surface area is 120 Å². The van der Waals surface area contributed by atoms with Crippen LogP contribution in [0.15, 0.2) is 5.38 Å². The molecular weight excluding hydrogens is 258 g/mol. The Balaban J connectivity index is 1.70. The molecule has 108 valence electrons. The third-order valence-electron chi connectivity index (χ3n) is 3.59. The average Bonchev–Trinajstić information content (AvgIpc) is 2.91. The molecule has 0 radical (unpaired) electrons. The van der Waals surface area contributed by atoms with Crippen LogP contribution < -0.4 is 5.32 Å². The van der Waals surface area contributed by atoms with Gasteiger partial charge in [-0.15, -0.1) is 11.3 Å². The topological polar surface area (TPSA) is 37.4 Å². The zero-order valence-corrected chi connectivity index (χ0v) is 12.8. The Morgan fingerprint density at radius 2 is 2.26 bits per heavy atom. The molecule has 1 aromatic rings. The number of nitrogens with zero attached hydrogens (tertiary/aromatic N) is 2. The molecule has 1 aliphatic heterocycles. The van der Waals surface area contributed by atoms with Gasteiger partial charge in [-0.2, -0.15) is 0 Å². The van der Waals surface area contributed by atoms with Gasteiger partial charge in [0.05, 0.1) is 23.9 Å². The molecule has 1 unspecified atom stereocenters. The Morgan fingerprint density at radius 3 is 3.00 bits per heavy atom. The van der Waals surface area contributed by atoms with E-state index in [2.05, 4.69) is 29.4 Å². The van der Waals surface area contributed by atoms with Gasteiger partial charge in [-0.25, -0.2) is 4.98 Å². The van der Waals surface area contributed by atoms with Gasteiger partial charge in [0.1, 0.15) is 0 Å². The first-order valence-electron chi connectivity index (χ1n) is 7.24. The second kappa shape index (κ2) is 7.94. The molecule has 1 aliphatic rings. The van der Waals surface area contributed by atoms with Crippen LogP contribution in [0.1, 0.15) is 31.0 Å². The second-order valence-electron chi connectivity index (χ2n) is 5.13. The maximum atomic E-state index is 5.36. The zero-order chi connectivity index (χ0) is 13.5. The van der Waals surface area contributed by atoms with Crippen molar-refractivity contribution in [2.24, 2.45) is 0 Å². The van der Waals surface area contributed by atoms with Crippen molar-refractivity contribution in [1.29, 1.82) is 0 Å². The van der Waals surface area contributed by atoms with E-state index in [0.29, 0.717) is 6.04 Å². The maximum absolute atomic E-state index is 5.36. The molecule has 0 spiro atoms. The molecule has 4 nitrogen and oxygen atoms in total.